The Labute approximate surface area is 191 Å². The third kappa shape index (κ3) is 7.66. The molecular formula is C26H33N3OS. The maximum atomic E-state index is 12.7. The quantitative estimate of drug-likeness (QED) is 0.176. The highest BCUT2D eigenvalue weighted by Crippen LogP contribution is 2.20. The van der Waals surface area contributed by atoms with E-state index < -0.39 is 0 Å². The molecule has 2 aromatic carbocycles. The van der Waals surface area contributed by atoms with Crippen LogP contribution in [0.1, 0.15) is 73.8 Å². The Morgan fingerprint density at radius 1 is 0.742 bits per heavy atom. The van der Waals surface area contributed by atoms with Gasteiger partial charge in [0.2, 0.25) is 5.78 Å². The first kappa shape index (κ1) is 23.3. The van der Waals surface area contributed by atoms with Crippen LogP contribution < -0.4 is 0 Å². The van der Waals surface area contributed by atoms with Gasteiger partial charge in [0.05, 0.1) is 6.20 Å². The number of ketones is 1. The minimum Gasteiger partial charge on any atom is -0.287 e. The van der Waals surface area contributed by atoms with Crippen molar-refractivity contribution in [2.45, 2.75) is 64.3 Å². The zero-order valence-electron chi connectivity index (χ0n) is 18.2. The molecule has 0 atom stereocenters. The van der Waals surface area contributed by atoms with Crippen LogP contribution in [0.25, 0.3) is 11.1 Å². The van der Waals surface area contributed by atoms with Gasteiger partial charge >= 0.3 is 0 Å². The Bertz CT molecular complexity index is 906. The standard InChI is InChI=1S/C26H33N3OS/c30-26(24-17-15-23(16-18-24)22-13-9-8-10-14-22)25-21-29(28-27-25)19-11-6-4-2-1-3-5-7-12-20-31/h8-10,13-18,21,31H,1-7,11-12,19-20H2. The summed E-state index contributed by atoms with van der Waals surface area (Å²) < 4.78 is 1.79. The van der Waals surface area contributed by atoms with Crippen molar-refractivity contribution < 1.29 is 4.79 Å². The fourth-order valence-corrected chi connectivity index (χ4v) is 3.95. The van der Waals surface area contributed by atoms with E-state index in [1.54, 1.807) is 10.9 Å². The van der Waals surface area contributed by atoms with Crippen molar-refractivity contribution in [3.63, 3.8) is 0 Å². The first-order valence-electron chi connectivity index (χ1n) is 11.5. The van der Waals surface area contributed by atoms with Gasteiger partial charge in [-0.2, -0.15) is 12.6 Å². The second-order valence-electron chi connectivity index (χ2n) is 8.04. The fourth-order valence-electron chi connectivity index (χ4n) is 3.73. The molecular weight excluding hydrogens is 402 g/mol. The largest absolute Gasteiger partial charge is 0.287 e. The molecule has 3 rings (SSSR count). The Morgan fingerprint density at radius 2 is 1.32 bits per heavy atom. The third-order valence-corrected chi connectivity index (χ3v) is 5.89. The van der Waals surface area contributed by atoms with Crippen LogP contribution in [0.4, 0.5) is 0 Å². The van der Waals surface area contributed by atoms with E-state index in [-0.39, 0.29) is 5.78 Å². The van der Waals surface area contributed by atoms with Crippen LogP contribution in [-0.4, -0.2) is 26.5 Å². The normalized spacial score (nSPS) is 11.0. The monoisotopic (exact) mass is 435 g/mol. The number of aromatic nitrogens is 3. The molecule has 1 heterocycles. The Kier molecular flexibility index (Phi) is 9.84. The molecule has 5 heteroatoms. The van der Waals surface area contributed by atoms with Gasteiger partial charge in [0.15, 0.2) is 5.69 Å². The lowest BCUT2D eigenvalue weighted by molar-refractivity contribution is 0.103. The van der Waals surface area contributed by atoms with Crippen LogP contribution in [0.5, 0.6) is 0 Å². The molecule has 0 aliphatic carbocycles. The molecule has 0 bridgehead atoms. The van der Waals surface area contributed by atoms with E-state index in [9.17, 15) is 4.79 Å². The number of hydrogen-bond acceptors (Lipinski definition) is 4. The summed E-state index contributed by atoms with van der Waals surface area (Å²) in [4.78, 5) is 12.7. The lowest BCUT2D eigenvalue weighted by Gasteiger charge is -2.03. The molecule has 0 aliphatic rings. The van der Waals surface area contributed by atoms with Crippen molar-refractivity contribution in [3.8, 4) is 11.1 Å². The number of nitrogens with zero attached hydrogens (tertiary/aromatic N) is 3. The Balaban J connectivity index is 1.38. The van der Waals surface area contributed by atoms with Crippen molar-refractivity contribution >= 4 is 18.4 Å². The molecule has 1 aromatic heterocycles. The number of carbonyl (C=O) groups excluding carboxylic acids is 1. The smallest absolute Gasteiger partial charge is 0.214 e. The van der Waals surface area contributed by atoms with Crippen molar-refractivity contribution in [1.29, 1.82) is 0 Å². The molecule has 164 valence electrons. The maximum absolute atomic E-state index is 12.7. The lowest BCUT2D eigenvalue weighted by Crippen LogP contribution is -2.02. The molecule has 0 fully saturated rings. The topological polar surface area (TPSA) is 47.8 Å². The van der Waals surface area contributed by atoms with E-state index in [2.05, 4.69) is 35.1 Å². The third-order valence-electron chi connectivity index (χ3n) is 5.57. The van der Waals surface area contributed by atoms with Gasteiger partial charge in [-0.3, -0.25) is 9.48 Å². The highest BCUT2D eigenvalue weighted by atomic mass is 32.1. The van der Waals surface area contributed by atoms with Crippen molar-refractivity contribution in [3.05, 3.63) is 72.1 Å². The average molecular weight is 436 g/mol. The van der Waals surface area contributed by atoms with E-state index in [0.717, 1.165) is 29.8 Å². The molecule has 0 saturated carbocycles. The average Bonchev–Trinajstić information content (AvgIpc) is 3.29. The summed E-state index contributed by atoms with van der Waals surface area (Å²) in [6, 6.07) is 17.8. The number of rotatable bonds is 14. The van der Waals surface area contributed by atoms with Crippen molar-refractivity contribution in [2.75, 3.05) is 5.75 Å². The Morgan fingerprint density at radius 3 is 1.97 bits per heavy atom. The van der Waals surface area contributed by atoms with Crippen LogP contribution in [0.15, 0.2) is 60.8 Å². The maximum Gasteiger partial charge on any atom is 0.214 e. The second-order valence-corrected chi connectivity index (χ2v) is 8.49. The SMILES string of the molecule is O=C(c1ccc(-c2ccccc2)cc1)c1cn(CCCCCCCCCCCS)nn1. The summed E-state index contributed by atoms with van der Waals surface area (Å²) in [6.45, 7) is 0.815. The number of unbranched alkanes of at least 4 members (excludes halogenated alkanes) is 8. The summed E-state index contributed by atoms with van der Waals surface area (Å²) in [5.74, 6) is 0.930. The first-order valence-corrected chi connectivity index (χ1v) is 12.1. The molecule has 0 spiro atoms. The summed E-state index contributed by atoms with van der Waals surface area (Å²) >= 11 is 4.25. The van der Waals surface area contributed by atoms with E-state index in [1.807, 2.05) is 42.5 Å². The molecule has 0 aliphatic heterocycles. The highest BCUT2D eigenvalue weighted by Gasteiger charge is 2.13. The summed E-state index contributed by atoms with van der Waals surface area (Å²) in [5.41, 5.74) is 3.29. The second kappa shape index (κ2) is 13.1. The van der Waals surface area contributed by atoms with Gasteiger partial charge in [0, 0.05) is 12.1 Å². The van der Waals surface area contributed by atoms with Gasteiger partial charge < -0.3 is 0 Å². The van der Waals surface area contributed by atoms with Gasteiger partial charge in [0.25, 0.3) is 0 Å². The highest BCUT2D eigenvalue weighted by molar-refractivity contribution is 7.80. The van der Waals surface area contributed by atoms with Gasteiger partial charge in [-0.15, -0.1) is 5.10 Å². The zero-order chi connectivity index (χ0) is 21.7. The summed E-state index contributed by atoms with van der Waals surface area (Å²) in [7, 11) is 0. The minimum atomic E-state index is -0.0798. The van der Waals surface area contributed by atoms with Crippen LogP contribution in [0.3, 0.4) is 0 Å². The number of benzene rings is 2. The van der Waals surface area contributed by atoms with E-state index in [1.165, 1.54) is 51.4 Å². The van der Waals surface area contributed by atoms with Gasteiger partial charge in [-0.25, -0.2) is 0 Å². The molecule has 0 amide bonds. The lowest BCUT2D eigenvalue weighted by atomic mass is 10.0. The van der Waals surface area contributed by atoms with Crippen molar-refractivity contribution in [2.24, 2.45) is 0 Å². The Hall–Kier alpha value is -2.40. The molecule has 0 unspecified atom stereocenters. The predicted molar refractivity (Wildman–Crippen MR) is 131 cm³/mol. The summed E-state index contributed by atoms with van der Waals surface area (Å²) in [5, 5.41) is 8.24. The van der Waals surface area contributed by atoms with Crippen LogP contribution in [0, 0.1) is 0 Å². The van der Waals surface area contributed by atoms with Gasteiger partial charge in [-0.1, -0.05) is 105 Å². The van der Waals surface area contributed by atoms with E-state index in [4.69, 9.17) is 0 Å². The first-order chi connectivity index (χ1) is 15.3. The van der Waals surface area contributed by atoms with Crippen LogP contribution >= 0.6 is 12.6 Å². The van der Waals surface area contributed by atoms with E-state index in [0.29, 0.717) is 11.3 Å². The number of carbonyl (C=O) groups is 1. The molecule has 0 radical (unpaired) electrons. The number of thiol groups is 1. The predicted octanol–water partition coefficient (Wildman–Crippen LogP) is 6.62. The molecule has 31 heavy (non-hydrogen) atoms. The summed E-state index contributed by atoms with van der Waals surface area (Å²) in [6.07, 6.45) is 13.2. The molecule has 0 N–H and O–H groups in total. The van der Waals surface area contributed by atoms with Gasteiger partial charge in [0.1, 0.15) is 0 Å². The van der Waals surface area contributed by atoms with Crippen LogP contribution in [0.2, 0.25) is 0 Å². The zero-order valence-corrected chi connectivity index (χ0v) is 19.1. The van der Waals surface area contributed by atoms with Crippen molar-refractivity contribution in [1.82, 2.24) is 15.0 Å². The number of aryl methyl sites for hydroxylation is 1. The van der Waals surface area contributed by atoms with E-state index >= 15 is 0 Å². The fraction of sp³-hybridized carbons (Fsp3) is 0.423. The molecule has 3 aromatic rings. The van der Waals surface area contributed by atoms with Gasteiger partial charge in [-0.05, 0) is 29.7 Å². The molecule has 0 saturated heterocycles. The minimum absolute atomic E-state index is 0.0798. The molecule has 4 nitrogen and oxygen atoms in total. The van der Waals surface area contributed by atoms with Crippen LogP contribution in [-0.2, 0) is 6.54 Å². The number of hydrogen-bond donors (Lipinski definition) is 1.